The maximum atomic E-state index is 13.0. The van der Waals surface area contributed by atoms with E-state index in [4.69, 9.17) is 0 Å². The number of rotatable bonds is 5. The van der Waals surface area contributed by atoms with Crippen LogP contribution in [0, 0.1) is 0 Å². The third kappa shape index (κ3) is 3.68. The van der Waals surface area contributed by atoms with E-state index in [1.54, 1.807) is 24.3 Å². The molecule has 1 saturated carbocycles. The molecule has 1 aromatic carbocycles. The molecule has 1 N–H and O–H groups in total. The van der Waals surface area contributed by atoms with Gasteiger partial charge in [-0.1, -0.05) is 31.9 Å². The summed E-state index contributed by atoms with van der Waals surface area (Å²) in [6, 6.07) is 6.54. The summed E-state index contributed by atoms with van der Waals surface area (Å²) in [5.74, 6) is -0.365. The molecule has 0 spiro atoms. The van der Waals surface area contributed by atoms with Crippen LogP contribution in [0.3, 0.4) is 0 Å². The highest BCUT2D eigenvalue weighted by molar-refractivity contribution is 7.96. The van der Waals surface area contributed by atoms with Crippen LogP contribution in [0.5, 0.6) is 0 Å². The topological polar surface area (TPSA) is 80.3 Å². The van der Waals surface area contributed by atoms with Crippen LogP contribution in [0.4, 0.5) is 0 Å². The number of sulfone groups is 2. The molecule has 0 aromatic heterocycles. The largest absolute Gasteiger partial charge is 0.309 e. The molecule has 1 saturated heterocycles. The molecule has 0 bridgehead atoms. The van der Waals surface area contributed by atoms with Gasteiger partial charge in [-0.25, -0.2) is 16.8 Å². The molecular formula is C17H25NO4S2. The van der Waals surface area contributed by atoms with Crippen molar-refractivity contribution >= 4 is 19.7 Å². The van der Waals surface area contributed by atoms with Crippen LogP contribution in [0.1, 0.15) is 38.2 Å². The number of aryl methyl sites for hydroxylation is 1. The zero-order chi connectivity index (χ0) is 17.4. The summed E-state index contributed by atoms with van der Waals surface area (Å²) < 4.78 is 50.2. The smallest absolute Gasteiger partial charge is 0.183 e. The first-order chi connectivity index (χ1) is 11.3. The molecule has 5 nitrogen and oxygen atoms in total. The van der Waals surface area contributed by atoms with Gasteiger partial charge in [-0.2, -0.15) is 0 Å². The highest BCUT2D eigenvalue weighted by Crippen LogP contribution is 2.28. The molecule has 1 heterocycles. The molecule has 1 aliphatic carbocycles. The number of hydrogen-bond acceptors (Lipinski definition) is 5. The van der Waals surface area contributed by atoms with Crippen molar-refractivity contribution in [1.82, 2.24) is 5.32 Å². The lowest BCUT2D eigenvalue weighted by Crippen LogP contribution is -2.47. The molecule has 1 aliphatic heterocycles. The van der Waals surface area contributed by atoms with Gasteiger partial charge < -0.3 is 5.32 Å². The predicted molar refractivity (Wildman–Crippen MR) is 94.6 cm³/mol. The van der Waals surface area contributed by atoms with Gasteiger partial charge in [0.15, 0.2) is 19.7 Å². The summed E-state index contributed by atoms with van der Waals surface area (Å²) in [6.07, 6.45) is 5.06. The zero-order valence-electron chi connectivity index (χ0n) is 13.9. The lowest BCUT2D eigenvalue weighted by molar-refractivity contribution is 0.449. The Balaban J connectivity index is 1.87. The number of benzene rings is 1. The van der Waals surface area contributed by atoms with E-state index in [9.17, 15) is 16.8 Å². The summed E-state index contributed by atoms with van der Waals surface area (Å²) in [5, 5.41) is 2.43. The van der Waals surface area contributed by atoms with Gasteiger partial charge in [0, 0.05) is 12.1 Å². The fraction of sp³-hybridized carbons (Fsp3) is 0.647. The van der Waals surface area contributed by atoms with Crippen molar-refractivity contribution in [3.05, 3.63) is 29.8 Å². The van der Waals surface area contributed by atoms with E-state index in [0.717, 1.165) is 37.7 Å². The Hall–Kier alpha value is -0.920. The SMILES string of the molecule is CCc1ccc(S(=O)(=O)C2CS(=O)(=O)CC2NC2CCCC2)cc1. The highest BCUT2D eigenvalue weighted by atomic mass is 32.2. The predicted octanol–water partition coefficient (Wildman–Crippen LogP) is 1.72. The quantitative estimate of drug-likeness (QED) is 0.852. The summed E-state index contributed by atoms with van der Waals surface area (Å²) >= 11 is 0. The van der Waals surface area contributed by atoms with E-state index < -0.39 is 31.0 Å². The fourth-order valence-corrected chi connectivity index (χ4v) is 8.44. The van der Waals surface area contributed by atoms with E-state index in [1.165, 1.54) is 0 Å². The zero-order valence-corrected chi connectivity index (χ0v) is 15.6. The van der Waals surface area contributed by atoms with Gasteiger partial charge in [-0.3, -0.25) is 0 Å². The van der Waals surface area contributed by atoms with Crippen molar-refractivity contribution in [2.75, 3.05) is 11.5 Å². The van der Waals surface area contributed by atoms with Crippen LogP contribution in [0.15, 0.2) is 29.2 Å². The standard InChI is InChI=1S/C17H25NO4S2/c1-2-13-7-9-15(10-8-13)24(21,22)17-12-23(19,20)11-16(17)18-14-5-3-4-6-14/h7-10,14,16-18H,2-6,11-12H2,1H3. The molecule has 2 atom stereocenters. The Labute approximate surface area is 144 Å². The third-order valence-electron chi connectivity index (χ3n) is 5.16. The van der Waals surface area contributed by atoms with Crippen molar-refractivity contribution in [2.24, 2.45) is 0 Å². The molecule has 1 aromatic rings. The van der Waals surface area contributed by atoms with Crippen molar-refractivity contribution in [1.29, 1.82) is 0 Å². The summed E-state index contributed by atoms with van der Waals surface area (Å²) in [4.78, 5) is 0.222. The summed E-state index contributed by atoms with van der Waals surface area (Å²) in [6.45, 7) is 2.01. The van der Waals surface area contributed by atoms with Crippen LogP contribution in [0.25, 0.3) is 0 Å². The average Bonchev–Trinajstić information content (AvgIpc) is 3.15. The van der Waals surface area contributed by atoms with Gasteiger partial charge in [0.1, 0.15) is 0 Å². The van der Waals surface area contributed by atoms with Gasteiger partial charge in [0.2, 0.25) is 0 Å². The monoisotopic (exact) mass is 371 g/mol. The van der Waals surface area contributed by atoms with Crippen LogP contribution in [0.2, 0.25) is 0 Å². The molecule has 0 amide bonds. The Morgan fingerprint density at radius 2 is 1.71 bits per heavy atom. The van der Waals surface area contributed by atoms with Crippen LogP contribution < -0.4 is 5.32 Å². The average molecular weight is 372 g/mol. The molecule has 2 unspecified atom stereocenters. The highest BCUT2D eigenvalue weighted by Gasteiger charge is 2.46. The Morgan fingerprint density at radius 1 is 1.08 bits per heavy atom. The van der Waals surface area contributed by atoms with Gasteiger partial charge in [-0.15, -0.1) is 0 Å². The molecule has 0 radical (unpaired) electrons. The second kappa shape index (κ2) is 6.77. The van der Waals surface area contributed by atoms with Crippen molar-refractivity contribution in [3.8, 4) is 0 Å². The van der Waals surface area contributed by atoms with E-state index >= 15 is 0 Å². The molecule has 2 aliphatic rings. The summed E-state index contributed by atoms with van der Waals surface area (Å²) in [7, 11) is -7.00. The minimum atomic E-state index is -3.67. The Morgan fingerprint density at radius 3 is 2.29 bits per heavy atom. The maximum Gasteiger partial charge on any atom is 0.183 e. The maximum absolute atomic E-state index is 13.0. The normalized spacial score (nSPS) is 27.5. The fourth-order valence-electron chi connectivity index (χ4n) is 3.76. The van der Waals surface area contributed by atoms with Crippen molar-refractivity contribution in [3.63, 3.8) is 0 Å². The first kappa shape index (κ1) is 17.9. The first-order valence-electron chi connectivity index (χ1n) is 8.61. The molecule has 7 heteroatoms. The first-order valence-corrected chi connectivity index (χ1v) is 12.0. The minimum Gasteiger partial charge on any atom is -0.309 e. The third-order valence-corrected chi connectivity index (χ3v) is 9.33. The minimum absolute atomic E-state index is 0.0829. The lowest BCUT2D eigenvalue weighted by atomic mass is 10.2. The number of hydrogen-bond donors (Lipinski definition) is 1. The van der Waals surface area contributed by atoms with Crippen LogP contribution in [-0.2, 0) is 26.1 Å². The van der Waals surface area contributed by atoms with Crippen LogP contribution in [-0.4, -0.2) is 45.7 Å². The Bertz CT molecular complexity index is 778. The van der Waals surface area contributed by atoms with Crippen molar-refractivity contribution in [2.45, 2.75) is 61.3 Å². The lowest BCUT2D eigenvalue weighted by Gasteiger charge is -2.23. The second-order valence-electron chi connectivity index (χ2n) is 6.91. The molecule has 2 fully saturated rings. The van der Waals surface area contributed by atoms with E-state index in [0.29, 0.717) is 0 Å². The molecule has 24 heavy (non-hydrogen) atoms. The van der Waals surface area contributed by atoms with Crippen molar-refractivity contribution < 1.29 is 16.8 Å². The van der Waals surface area contributed by atoms with E-state index in [-0.39, 0.29) is 22.4 Å². The van der Waals surface area contributed by atoms with Gasteiger partial charge >= 0.3 is 0 Å². The second-order valence-corrected chi connectivity index (χ2v) is 11.2. The van der Waals surface area contributed by atoms with E-state index in [1.807, 2.05) is 6.92 Å². The molecular weight excluding hydrogens is 346 g/mol. The van der Waals surface area contributed by atoms with E-state index in [2.05, 4.69) is 5.32 Å². The van der Waals surface area contributed by atoms with Gasteiger partial charge in [-0.05, 0) is 37.0 Å². The molecule has 134 valence electrons. The van der Waals surface area contributed by atoms with Gasteiger partial charge in [0.25, 0.3) is 0 Å². The van der Waals surface area contributed by atoms with Gasteiger partial charge in [0.05, 0.1) is 21.7 Å². The Kier molecular flexibility index (Phi) is 5.04. The van der Waals surface area contributed by atoms with Crippen LogP contribution >= 0.6 is 0 Å². The molecule has 3 rings (SSSR count). The number of nitrogens with one attached hydrogen (secondary N) is 1. The summed E-state index contributed by atoms with van der Waals surface area (Å²) in [5.41, 5.74) is 1.06.